The molecular weight excluding hydrogens is 319 g/mol. The van der Waals surface area contributed by atoms with Crippen molar-refractivity contribution in [2.24, 2.45) is 35.5 Å². The zero-order valence-electron chi connectivity index (χ0n) is 17.7. The van der Waals surface area contributed by atoms with E-state index in [1.807, 2.05) is 0 Å². The van der Waals surface area contributed by atoms with Gasteiger partial charge in [-0.2, -0.15) is 0 Å². The van der Waals surface area contributed by atoms with Crippen LogP contribution in [0.5, 0.6) is 0 Å². The van der Waals surface area contributed by atoms with Gasteiger partial charge in [-0.15, -0.1) is 0 Å². The predicted octanol–water partition coefficient (Wildman–Crippen LogP) is 7.70. The molecule has 4 fully saturated rings. The molecule has 4 atom stereocenters. The average Bonchev–Trinajstić information content (AvgIpc) is 2.43. The summed E-state index contributed by atoms with van der Waals surface area (Å²) in [5.41, 5.74) is 0. The molecule has 25 heavy (non-hydrogen) atoms. The van der Waals surface area contributed by atoms with Crippen LogP contribution < -0.4 is 0 Å². The SMILES string of the molecule is CCP(C1(C)CC2CC(C)CC(C2)C1)C1(C)CC2CC(C)CC(C2)C1. The van der Waals surface area contributed by atoms with Gasteiger partial charge in [0.25, 0.3) is 0 Å². The van der Waals surface area contributed by atoms with Crippen LogP contribution in [0.25, 0.3) is 0 Å². The topological polar surface area (TPSA) is 0 Å². The summed E-state index contributed by atoms with van der Waals surface area (Å²) in [7, 11) is 0.162. The quantitative estimate of drug-likeness (QED) is 0.451. The van der Waals surface area contributed by atoms with Gasteiger partial charge >= 0.3 is 0 Å². The highest BCUT2D eigenvalue weighted by molar-refractivity contribution is 7.60. The molecule has 4 unspecified atom stereocenters. The summed E-state index contributed by atoms with van der Waals surface area (Å²) in [5.74, 6) is 6.28. The molecular formula is C24H43P. The Morgan fingerprint density at radius 1 is 0.640 bits per heavy atom. The first-order valence-corrected chi connectivity index (χ1v) is 13.1. The van der Waals surface area contributed by atoms with Gasteiger partial charge in [-0.3, -0.25) is 0 Å². The summed E-state index contributed by atoms with van der Waals surface area (Å²) in [4.78, 5) is 0. The summed E-state index contributed by atoms with van der Waals surface area (Å²) >= 11 is 0. The smallest absolute Gasteiger partial charge is 0.0113 e. The zero-order valence-corrected chi connectivity index (χ0v) is 18.6. The standard InChI is InChI=1S/C24H43P/c1-6-25(23(4)13-19-7-17(2)8-20(11-19)14-23)24(5)15-21-9-18(3)10-22(12-21)16-24/h17-22H,6-16H2,1-5H3. The lowest BCUT2D eigenvalue weighted by molar-refractivity contribution is 0.110. The zero-order chi connectivity index (χ0) is 17.8. The molecule has 4 saturated carbocycles. The van der Waals surface area contributed by atoms with Gasteiger partial charge in [0, 0.05) is 0 Å². The lowest BCUT2D eigenvalue weighted by Gasteiger charge is -2.59. The second kappa shape index (κ2) is 6.79. The third-order valence-electron chi connectivity index (χ3n) is 8.81. The molecule has 4 bridgehead atoms. The van der Waals surface area contributed by atoms with Crippen LogP contribution in [-0.2, 0) is 0 Å². The highest BCUT2D eigenvalue weighted by Gasteiger charge is 2.52. The minimum absolute atomic E-state index is 0.162. The summed E-state index contributed by atoms with van der Waals surface area (Å²) in [6, 6.07) is 0. The fraction of sp³-hybridized carbons (Fsp3) is 1.00. The Morgan fingerprint density at radius 3 is 1.24 bits per heavy atom. The first kappa shape index (κ1) is 18.8. The minimum Gasteiger partial charge on any atom is -0.0948 e. The van der Waals surface area contributed by atoms with Crippen molar-refractivity contribution >= 4 is 7.92 Å². The van der Waals surface area contributed by atoms with Gasteiger partial charge in [0.05, 0.1) is 0 Å². The van der Waals surface area contributed by atoms with E-state index in [0.29, 0.717) is 10.3 Å². The van der Waals surface area contributed by atoms with E-state index >= 15 is 0 Å². The largest absolute Gasteiger partial charge is 0.0948 e. The van der Waals surface area contributed by atoms with Gasteiger partial charge < -0.3 is 0 Å². The molecule has 144 valence electrons. The molecule has 4 aliphatic rings. The van der Waals surface area contributed by atoms with E-state index in [1.54, 1.807) is 64.2 Å². The van der Waals surface area contributed by atoms with Crippen molar-refractivity contribution in [3.05, 3.63) is 0 Å². The van der Waals surface area contributed by atoms with Crippen LogP contribution in [0.1, 0.15) is 98.8 Å². The van der Waals surface area contributed by atoms with Gasteiger partial charge in [-0.1, -0.05) is 42.5 Å². The molecule has 0 spiro atoms. The van der Waals surface area contributed by atoms with Crippen LogP contribution >= 0.6 is 7.92 Å². The van der Waals surface area contributed by atoms with Crippen LogP contribution in [0.15, 0.2) is 0 Å². The first-order valence-electron chi connectivity index (χ1n) is 11.6. The van der Waals surface area contributed by atoms with Crippen LogP contribution in [0.2, 0.25) is 0 Å². The molecule has 0 nitrogen and oxygen atoms in total. The average molecular weight is 363 g/mol. The number of fused-ring (bicyclic) bond motifs is 4. The van der Waals surface area contributed by atoms with Gasteiger partial charge in [0.2, 0.25) is 0 Å². The van der Waals surface area contributed by atoms with E-state index in [1.165, 1.54) is 6.16 Å². The summed E-state index contributed by atoms with van der Waals surface area (Å²) in [6.07, 6.45) is 17.1. The molecule has 0 aromatic rings. The Kier molecular flexibility index (Phi) is 5.10. The van der Waals surface area contributed by atoms with Gasteiger partial charge in [-0.25, -0.2) is 0 Å². The van der Waals surface area contributed by atoms with Crippen molar-refractivity contribution in [3.63, 3.8) is 0 Å². The Balaban J connectivity index is 1.55. The van der Waals surface area contributed by atoms with Crippen LogP contribution in [0.4, 0.5) is 0 Å². The first-order chi connectivity index (χ1) is 11.8. The molecule has 4 aliphatic carbocycles. The van der Waals surface area contributed by atoms with Gasteiger partial charge in [0.15, 0.2) is 0 Å². The number of hydrogen-bond donors (Lipinski definition) is 0. The molecule has 4 rings (SSSR count). The maximum absolute atomic E-state index is 2.76. The van der Waals surface area contributed by atoms with Crippen molar-refractivity contribution in [3.8, 4) is 0 Å². The Morgan fingerprint density at radius 2 is 0.960 bits per heavy atom. The molecule has 0 aromatic carbocycles. The fourth-order valence-electron chi connectivity index (χ4n) is 8.97. The van der Waals surface area contributed by atoms with E-state index in [4.69, 9.17) is 0 Å². The second-order valence-corrected chi connectivity index (χ2v) is 15.3. The monoisotopic (exact) mass is 362 g/mol. The molecule has 0 radical (unpaired) electrons. The summed E-state index contributed by atoms with van der Waals surface area (Å²) in [6.45, 7) is 13.1. The molecule has 0 aliphatic heterocycles. The van der Waals surface area contributed by atoms with Gasteiger partial charge in [0.1, 0.15) is 0 Å². The van der Waals surface area contributed by atoms with E-state index < -0.39 is 0 Å². The fourth-order valence-corrected chi connectivity index (χ4v) is 13.7. The maximum atomic E-state index is 2.76. The third kappa shape index (κ3) is 3.60. The van der Waals surface area contributed by atoms with Gasteiger partial charge in [-0.05, 0) is 116 Å². The molecule has 1 heteroatoms. The van der Waals surface area contributed by atoms with Crippen LogP contribution in [0, 0.1) is 35.5 Å². The van der Waals surface area contributed by atoms with E-state index in [2.05, 4.69) is 34.6 Å². The Bertz CT molecular complexity index is 404. The summed E-state index contributed by atoms with van der Waals surface area (Å²) in [5, 5.41) is 1.40. The van der Waals surface area contributed by atoms with Crippen molar-refractivity contribution in [2.75, 3.05) is 6.16 Å². The number of hydrogen-bond acceptors (Lipinski definition) is 0. The molecule has 0 aromatic heterocycles. The van der Waals surface area contributed by atoms with Crippen LogP contribution in [0.3, 0.4) is 0 Å². The highest BCUT2D eigenvalue weighted by Crippen LogP contribution is 2.71. The Labute approximate surface area is 159 Å². The lowest BCUT2D eigenvalue weighted by Crippen LogP contribution is -2.47. The third-order valence-corrected chi connectivity index (χ3v) is 12.8. The van der Waals surface area contributed by atoms with Crippen molar-refractivity contribution in [1.82, 2.24) is 0 Å². The second-order valence-electron chi connectivity index (χ2n) is 11.6. The van der Waals surface area contributed by atoms with Crippen molar-refractivity contribution < 1.29 is 0 Å². The Hall–Kier alpha value is 0.430. The van der Waals surface area contributed by atoms with Crippen molar-refractivity contribution in [2.45, 2.75) is 109 Å². The van der Waals surface area contributed by atoms with E-state index in [0.717, 1.165) is 35.5 Å². The molecule has 0 heterocycles. The summed E-state index contributed by atoms with van der Waals surface area (Å²) < 4.78 is 0. The molecule has 0 N–H and O–H groups in total. The predicted molar refractivity (Wildman–Crippen MR) is 113 cm³/mol. The van der Waals surface area contributed by atoms with E-state index in [9.17, 15) is 0 Å². The maximum Gasteiger partial charge on any atom is -0.0113 e. The lowest BCUT2D eigenvalue weighted by atomic mass is 9.64. The normalized spacial score (nSPS) is 54.1. The number of rotatable bonds is 3. The minimum atomic E-state index is 0.162. The van der Waals surface area contributed by atoms with E-state index in [-0.39, 0.29) is 7.92 Å². The molecule has 0 amide bonds. The molecule has 0 saturated heterocycles. The van der Waals surface area contributed by atoms with Crippen molar-refractivity contribution in [1.29, 1.82) is 0 Å². The highest BCUT2D eigenvalue weighted by atomic mass is 31.1. The van der Waals surface area contributed by atoms with Crippen LogP contribution in [-0.4, -0.2) is 16.5 Å².